The maximum atomic E-state index is 13.4. The van der Waals surface area contributed by atoms with Gasteiger partial charge in [0.15, 0.2) is 5.78 Å². The Bertz CT molecular complexity index is 1600. The van der Waals surface area contributed by atoms with E-state index in [1.807, 2.05) is 66.7 Å². The van der Waals surface area contributed by atoms with Crippen LogP contribution in [-0.2, 0) is 20.7 Å². The smallest absolute Gasteiger partial charge is 0.328 e. The van der Waals surface area contributed by atoms with Crippen molar-refractivity contribution in [2.75, 3.05) is 30.5 Å². The van der Waals surface area contributed by atoms with Gasteiger partial charge in [0.05, 0.1) is 24.4 Å². The molecule has 1 N–H and O–H groups in total. The Kier molecular flexibility index (Phi) is 10.9. The maximum Gasteiger partial charge on any atom is 0.328 e. The molecular formula is C37H37ClN2O5. The standard InChI is InChI=1S/C37H37ClN2O5/c1-44-37(43)33(39-32-17-9-7-15-30(32)35(41)27-11-3-2-4-12-27)25-26-19-21-29(22-20-26)45-24-23-40(34-18-10-8-16-31(34)38)36(42)28-13-5-6-14-28/h2-4,7-12,15-22,28,33,39H,5-6,13-14,23-25H2,1H3. The number of anilines is 2. The van der Waals surface area contributed by atoms with Gasteiger partial charge in [-0.2, -0.15) is 0 Å². The monoisotopic (exact) mass is 624 g/mol. The van der Waals surface area contributed by atoms with Gasteiger partial charge < -0.3 is 19.7 Å². The summed E-state index contributed by atoms with van der Waals surface area (Å²) in [5.41, 5.74) is 3.17. The molecule has 1 aliphatic rings. The summed E-state index contributed by atoms with van der Waals surface area (Å²) in [5.74, 6) is 0.173. The number of methoxy groups -OCH3 is 1. The first-order chi connectivity index (χ1) is 21.9. The van der Waals surface area contributed by atoms with Crippen molar-refractivity contribution in [1.29, 1.82) is 0 Å². The SMILES string of the molecule is COC(=O)C(Cc1ccc(OCCN(C(=O)C2CCCC2)c2ccccc2Cl)cc1)Nc1ccccc1C(=O)c1ccccc1. The van der Waals surface area contributed by atoms with E-state index in [4.69, 9.17) is 21.1 Å². The largest absolute Gasteiger partial charge is 0.492 e. The molecule has 7 nitrogen and oxygen atoms in total. The van der Waals surface area contributed by atoms with Crippen LogP contribution in [0.5, 0.6) is 5.75 Å². The highest BCUT2D eigenvalue weighted by molar-refractivity contribution is 6.33. The summed E-state index contributed by atoms with van der Waals surface area (Å²) in [6, 6.07) is 30.3. The van der Waals surface area contributed by atoms with E-state index in [-0.39, 0.29) is 17.6 Å². The fourth-order valence-corrected chi connectivity index (χ4v) is 5.94. The first-order valence-corrected chi connectivity index (χ1v) is 15.6. The molecule has 0 aromatic heterocycles. The quantitative estimate of drug-likeness (QED) is 0.123. The van der Waals surface area contributed by atoms with Gasteiger partial charge in [-0.05, 0) is 54.8 Å². The summed E-state index contributed by atoms with van der Waals surface area (Å²) >= 11 is 6.47. The topological polar surface area (TPSA) is 84.9 Å². The van der Waals surface area contributed by atoms with Gasteiger partial charge in [0.2, 0.25) is 5.91 Å². The van der Waals surface area contributed by atoms with Crippen LogP contribution in [0.1, 0.15) is 47.2 Å². The third kappa shape index (κ3) is 8.11. The molecule has 0 bridgehead atoms. The molecule has 1 amide bonds. The lowest BCUT2D eigenvalue weighted by molar-refractivity contribution is -0.141. The van der Waals surface area contributed by atoms with Gasteiger partial charge in [-0.1, -0.05) is 91.2 Å². The number of para-hydroxylation sites is 2. The van der Waals surface area contributed by atoms with Gasteiger partial charge >= 0.3 is 5.97 Å². The average Bonchev–Trinajstić information content (AvgIpc) is 3.63. The summed E-state index contributed by atoms with van der Waals surface area (Å²) in [7, 11) is 1.35. The van der Waals surface area contributed by atoms with Crippen molar-refractivity contribution in [3.05, 3.63) is 125 Å². The molecule has 0 saturated heterocycles. The average molecular weight is 625 g/mol. The fourth-order valence-electron chi connectivity index (χ4n) is 5.70. The second-order valence-electron chi connectivity index (χ2n) is 11.1. The Hall–Kier alpha value is -4.62. The van der Waals surface area contributed by atoms with Crippen LogP contribution in [0, 0.1) is 5.92 Å². The van der Waals surface area contributed by atoms with Gasteiger partial charge in [-0.25, -0.2) is 4.79 Å². The van der Waals surface area contributed by atoms with Crippen LogP contribution in [0.2, 0.25) is 5.02 Å². The first-order valence-electron chi connectivity index (χ1n) is 15.3. The molecule has 1 unspecified atom stereocenters. The third-order valence-electron chi connectivity index (χ3n) is 8.08. The Morgan fingerprint density at radius 1 is 0.867 bits per heavy atom. The van der Waals surface area contributed by atoms with Crippen molar-refractivity contribution in [2.45, 2.75) is 38.1 Å². The number of esters is 1. The van der Waals surface area contributed by atoms with Gasteiger partial charge in [0.25, 0.3) is 0 Å². The minimum atomic E-state index is -0.725. The predicted molar refractivity (Wildman–Crippen MR) is 177 cm³/mol. The van der Waals surface area contributed by atoms with Gasteiger partial charge in [-0.3, -0.25) is 9.59 Å². The van der Waals surface area contributed by atoms with E-state index in [9.17, 15) is 14.4 Å². The molecule has 0 aliphatic heterocycles. The lowest BCUT2D eigenvalue weighted by Crippen LogP contribution is -2.38. The highest BCUT2D eigenvalue weighted by Crippen LogP contribution is 2.32. The molecule has 1 fully saturated rings. The summed E-state index contributed by atoms with van der Waals surface area (Å²) in [6.07, 6.45) is 4.27. The van der Waals surface area contributed by atoms with Crippen LogP contribution < -0.4 is 15.0 Å². The molecule has 0 radical (unpaired) electrons. The molecule has 1 atom stereocenters. The zero-order chi connectivity index (χ0) is 31.6. The van der Waals surface area contributed by atoms with Crippen molar-refractivity contribution < 1.29 is 23.9 Å². The second kappa shape index (κ2) is 15.4. The Morgan fingerprint density at radius 3 is 2.24 bits per heavy atom. The number of nitrogens with one attached hydrogen (secondary N) is 1. The molecule has 45 heavy (non-hydrogen) atoms. The molecular weight excluding hydrogens is 588 g/mol. The van der Waals surface area contributed by atoms with Crippen molar-refractivity contribution in [2.24, 2.45) is 5.92 Å². The molecule has 4 aromatic rings. The van der Waals surface area contributed by atoms with Crippen LogP contribution in [-0.4, -0.2) is 44.0 Å². The van der Waals surface area contributed by atoms with E-state index in [1.54, 1.807) is 41.3 Å². The number of nitrogens with zero attached hydrogens (tertiary/aromatic N) is 1. The molecule has 0 spiro atoms. The first kappa shape index (κ1) is 31.8. The van der Waals surface area contributed by atoms with Crippen LogP contribution in [0.3, 0.4) is 0 Å². The zero-order valence-electron chi connectivity index (χ0n) is 25.3. The van der Waals surface area contributed by atoms with E-state index < -0.39 is 12.0 Å². The third-order valence-corrected chi connectivity index (χ3v) is 8.40. The Balaban J connectivity index is 1.23. The minimum Gasteiger partial charge on any atom is -0.492 e. The number of ether oxygens (including phenoxy) is 2. The molecule has 0 heterocycles. The Labute approximate surface area is 269 Å². The second-order valence-corrected chi connectivity index (χ2v) is 11.5. The predicted octanol–water partition coefficient (Wildman–Crippen LogP) is 7.37. The molecule has 8 heteroatoms. The molecule has 5 rings (SSSR count). The molecule has 1 saturated carbocycles. The van der Waals surface area contributed by atoms with E-state index in [2.05, 4.69) is 5.32 Å². The van der Waals surface area contributed by atoms with Crippen LogP contribution in [0.15, 0.2) is 103 Å². The number of carbonyl (C=O) groups is 3. The van der Waals surface area contributed by atoms with Crippen molar-refractivity contribution >= 4 is 40.6 Å². The fraction of sp³-hybridized carbons (Fsp3) is 0.270. The van der Waals surface area contributed by atoms with E-state index in [0.717, 1.165) is 31.2 Å². The summed E-state index contributed by atoms with van der Waals surface area (Å²) in [5, 5.41) is 3.77. The van der Waals surface area contributed by atoms with Gasteiger partial charge in [0.1, 0.15) is 18.4 Å². The number of ketones is 1. The van der Waals surface area contributed by atoms with E-state index in [1.165, 1.54) is 7.11 Å². The highest BCUT2D eigenvalue weighted by atomic mass is 35.5. The highest BCUT2D eigenvalue weighted by Gasteiger charge is 2.29. The van der Waals surface area contributed by atoms with Crippen LogP contribution >= 0.6 is 11.6 Å². The molecule has 4 aromatic carbocycles. The number of rotatable bonds is 13. The summed E-state index contributed by atoms with van der Waals surface area (Å²) < 4.78 is 11.1. The van der Waals surface area contributed by atoms with Gasteiger partial charge in [-0.15, -0.1) is 0 Å². The van der Waals surface area contributed by atoms with Crippen molar-refractivity contribution in [3.63, 3.8) is 0 Å². The summed E-state index contributed by atoms with van der Waals surface area (Å²) in [6.45, 7) is 0.665. The number of carbonyl (C=O) groups excluding carboxylic acids is 3. The Morgan fingerprint density at radius 2 is 1.53 bits per heavy atom. The normalized spacial score (nSPS) is 13.6. The number of hydrogen-bond acceptors (Lipinski definition) is 6. The van der Waals surface area contributed by atoms with Crippen LogP contribution in [0.4, 0.5) is 11.4 Å². The summed E-state index contributed by atoms with van der Waals surface area (Å²) in [4.78, 5) is 41.1. The number of amides is 1. The maximum absolute atomic E-state index is 13.4. The number of halogens is 1. The lowest BCUT2D eigenvalue weighted by atomic mass is 10.00. The van der Waals surface area contributed by atoms with Crippen molar-refractivity contribution in [3.8, 4) is 5.75 Å². The lowest BCUT2D eigenvalue weighted by Gasteiger charge is -2.26. The van der Waals surface area contributed by atoms with Gasteiger partial charge in [0, 0.05) is 29.2 Å². The number of hydrogen-bond donors (Lipinski definition) is 1. The van der Waals surface area contributed by atoms with E-state index >= 15 is 0 Å². The van der Waals surface area contributed by atoms with Crippen molar-refractivity contribution in [1.82, 2.24) is 0 Å². The molecule has 232 valence electrons. The zero-order valence-corrected chi connectivity index (χ0v) is 26.0. The minimum absolute atomic E-state index is 0.0142. The van der Waals surface area contributed by atoms with Crippen LogP contribution in [0.25, 0.3) is 0 Å². The van der Waals surface area contributed by atoms with E-state index in [0.29, 0.717) is 52.8 Å². The molecule has 1 aliphatic carbocycles. The number of benzene rings is 4.